The summed E-state index contributed by atoms with van der Waals surface area (Å²) in [6.45, 7) is 8.25. The molecular formula is C19H21N3. The number of pyridine rings is 1. The third-order valence-electron chi connectivity index (χ3n) is 3.90. The van der Waals surface area contributed by atoms with E-state index in [2.05, 4.69) is 70.9 Å². The number of hydrogen-bond donors (Lipinski definition) is 0. The zero-order chi connectivity index (χ0) is 15.7. The zero-order valence-corrected chi connectivity index (χ0v) is 13.6. The first-order chi connectivity index (χ1) is 10.8. The van der Waals surface area contributed by atoms with E-state index >= 15 is 0 Å². The predicted molar refractivity (Wildman–Crippen MR) is 93.5 cm³/mol. The minimum absolute atomic E-state index is 0.877. The molecule has 0 radical (unpaired) electrons. The van der Waals surface area contributed by atoms with Gasteiger partial charge in [0.05, 0.1) is 5.52 Å². The number of rotatable bonds is 1. The second kappa shape index (κ2) is 5.76. The van der Waals surface area contributed by atoms with E-state index in [9.17, 15) is 0 Å². The van der Waals surface area contributed by atoms with Crippen molar-refractivity contribution in [3.8, 4) is 0 Å². The smallest absolute Gasteiger partial charge is 0.169 e. The fraction of sp³-hybridized carbons (Fsp3) is 0.263. The van der Waals surface area contributed by atoms with E-state index in [4.69, 9.17) is 0 Å². The molecule has 0 saturated carbocycles. The maximum absolute atomic E-state index is 4.40. The summed E-state index contributed by atoms with van der Waals surface area (Å²) in [5.41, 5.74) is 3.41. The van der Waals surface area contributed by atoms with Crippen LogP contribution in [-0.4, -0.2) is 14.6 Å². The second-order valence-corrected chi connectivity index (χ2v) is 5.19. The highest BCUT2D eigenvalue weighted by atomic mass is 15.2. The van der Waals surface area contributed by atoms with Crippen molar-refractivity contribution in [3.63, 3.8) is 0 Å². The van der Waals surface area contributed by atoms with E-state index in [0.717, 1.165) is 23.3 Å². The van der Waals surface area contributed by atoms with E-state index in [0.29, 0.717) is 0 Å². The van der Waals surface area contributed by atoms with Crippen molar-refractivity contribution in [2.45, 2.75) is 34.1 Å². The van der Waals surface area contributed by atoms with Gasteiger partial charge >= 0.3 is 0 Å². The van der Waals surface area contributed by atoms with Gasteiger partial charge < -0.3 is 0 Å². The minimum Gasteiger partial charge on any atom is -0.278 e. The zero-order valence-electron chi connectivity index (χ0n) is 13.6. The Hall–Kier alpha value is -2.42. The first kappa shape index (κ1) is 14.5. The molecule has 3 nitrogen and oxygen atoms in total. The third kappa shape index (κ3) is 2.05. The number of benzene rings is 2. The van der Waals surface area contributed by atoms with Crippen molar-refractivity contribution in [1.82, 2.24) is 14.6 Å². The molecule has 4 aromatic rings. The van der Waals surface area contributed by atoms with Crippen LogP contribution in [-0.2, 0) is 6.42 Å². The van der Waals surface area contributed by atoms with Crippen molar-refractivity contribution in [1.29, 1.82) is 0 Å². The summed E-state index contributed by atoms with van der Waals surface area (Å²) in [5, 5.41) is 12.4. The summed E-state index contributed by atoms with van der Waals surface area (Å²) >= 11 is 0. The largest absolute Gasteiger partial charge is 0.278 e. The van der Waals surface area contributed by atoms with E-state index in [-0.39, 0.29) is 0 Å². The fourth-order valence-electron chi connectivity index (χ4n) is 2.95. The number of nitrogens with zero attached hydrogens (tertiary/aromatic N) is 3. The normalized spacial score (nSPS) is 10.9. The van der Waals surface area contributed by atoms with Crippen LogP contribution in [0.2, 0.25) is 0 Å². The van der Waals surface area contributed by atoms with Crippen molar-refractivity contribution in [2.24, 2.45) is 0 Å². The Labute approximate surface area is 130 Å². The maximum atomic E-state index is 4.40. The number of aryl methyl sites for hydroxylation is 2. The van der Waals surface area contributed by atoms with Gasteiger partial charge in [0, 0.05) is 17.2 Å². The van der Waals surface area contributed by atoms with E-state index in [1.165, 1.54) is 21.9 Å². The molecule has 0 saturated heterocycles. The van der Waals surface area contributed by atoms with Crippen LogP contribution in [0.15, 0.2) is 42.5 Å². The molecule has 0 amide bonds. The summed E-state index contributed by atoms with van der Waals surface area (Å²) in [6.07, 6.45) is 0.877. The summed E-state index contributed by atoms with van der Waals surface area (Å²) in [5.74, 6) is 1.01. The molecule has 0 fully saturated rings. The first-order valence-electron chi connectivity index (χ1n) is 7.94. The quantitative estimate of drug-likeness (QED) is 0.465. The SMILES string of the molecule is CC.CCc1nnc2c3ccccc3c3cc(C)ccc3n12. The average Bonchev–Trinajstić information content (AvgIpc) is 3.01. The van der Waals surface area contributed by atoms with Crippen LogP contribution in [0, 0.1) is 6.92 Å². The summed E-state index contributed by atoms with van der Waals surface area (Å²) < 4.78 is 2.19. The van der Waals surface area contributed by atoms with Gasteiger partial charge in [0.25, 0.3) is 0 Å². The van der Waals surface area contributed by atoms with Gasteiger partial charge in [0.15, 0.2) is 5.65 Å². The molecule has 2 aromatic heterocycles. The molecular weight excluding hydrogens is 270 g/mol. The Bertz CT molecular complexity index is 951. The molecule has 0 aliphatic heterocycles. The number of fused-ring (bicyclic) bond motifs is 6. The summed E-state index contributed by atoms with van der Waals surface area (Å²) in [6, 6.07) is 15.0. The molecule has 2 aromatic carbocycles. The molecule has 4 rings (SSSR count). The van der Waals surface area contributed by atoms with Crippen LogP contribution in [0.5, 0.6) is 0 Å². The van der Waals surface area contributed by atoms with E-state index < -0.39 is 0 Å². The Morgan fingerprint density at radius 2 is 1.64 bits per heavy atom. The Balaban J connectivity index is 0.000000693. The van der Waals surface area contributed by atoms with Crippen LogP contribution in [0.1, 0.15) is 32.2 Å². The molecule has 0 atom stereocenters. The van der Waals surface area contributed by atoms with Crippen LogP contribution in [0.25, 0.3) is 27.3 Å². The molecule has 3 heteroatoms. The monoisotopic (exact) mass is 291 g/mol. The molecule has 2 heterocycles. The van der Waals surface area contributed by atoms with Crippen LogP contribution in [0.4, 0.5) is 0 Å². The van der Waals surface area contributed by atoms with Crippen molar-refractivity contribution < 1.29 is 0 Å². The molecule has 112 valence electrons. The lowest BCUT2D eigenvalue weighted by Gasteiger charge is -2.09. The highest BCUT2D eigenvalue weighted by molar-refractivity contribution is 6.11. The standard InChI is InChI=1S/C17H15N3.C2H6/c1-3-16-18-19-17-13-7-5-4-6-12(13)14-10-11(2)8-9-15(14)20(16)17;1-2/h4-10H,3H2,1-2H3;1-2H3. The lowest BCUT2D eigenvalue weighted by atomic mass is 10.0. The Kier molecular flexibility index (Phi) is 3.80. The van der Waals surface area contributed by atoms with Gasteiger partial charge in [-0.25, -0.2) is 0 Å². The van der Waals surface area contributed by atoms with Crippen LogP contribution < -0.4 is 0 Å². The fourth-order valence-corrected chi connectivity index (χ4v) is 2.95. The summed E-state index contributed by atoms with van der Waals surface area (Å²) in [7, 11) is 0. The lowest BCUT2D eigenvalue weighted by molar-refractivity contribution is 0.922. The van der Waals surface area contributed by atoms with Gasteiger partial charge in [-0.3, -0.25) is 4.40 Å². The third-order valence-corrected chi connectivity index (χ3v) is 3.90. The van der Waals surface area contributed by atoms with Crippen molar-refractivity contribution in [2.75, 3.05) is 0 Å². The Morgan fingerprint density at radius 3 is 2.36 bits per heavy atom. The highest BCUT2D eigenvalue weighted by Gasteiger charge is 2.12. The summed E-state index contributed by atoms with van der Waals surface area (Å²) in [4.78, 5) is 0. The lowest BCUT2D eigenvalue weighted by Crippen LogP contribution is -1.96. The molecule has 0 aliphatic rings. The van der Waals surface area contributed by atoms with Crippen molar-refractivity contribution in [3.05, 3.63) is 53.9 Å². The average molecular weight is 291 g/mol. The Morgan fingerprint density at radius 1 is 0.909 bits per heavy atom. The van der Waals surface area contributed by atoms with Gasteiger partial charge in [-0.15, -0.1) is 10.2 Å². The molecule has 0 spiro atoms. The van der Waals surface area contributed by atoms with Gasteiger partial charge in [0.2, 0.25) is 0 Å². The number of aromatic nitrogens is 3. The van der Waals surface area contributed by atoms with Gasteiger partial charge in [-0.2, -0.15) is 0 Å². The first-order valence-corrected chi connectivity index (χ1v) is 7.94. The molecule has 0 unspecified atom stereocenters. The van der Waals surface area contributed by atoms with Crippen LogP contribution in [0.3, 0.4) is 0 Å². The highest BCUT2D eigenvalue weighted by Crippen LogP contribution is 2.29. The van der Waals surface area contributed by atoms with Gasteiger partial charge in [0.1, 0.15) is 5.82 Å². The minimum atomic E-state index is 0.877. The van der Waals surface area contributed by atoms with E-state index in [1.807, 2.05) is 13.8 Å². The molecule has 0 bridgehead atoms. The number of hydrogen-bond acceptors (Lipinski definition) is 2. The van der Waals surface area contributed by atoms with Gasteiger partial charge in [-0.1, -0.05) is 56.7 Å². The maximum Gasteiger partial charge on any atom is 0.169 e. The second-order valence-electron chi connectivity index (χ2n) is 5.19. The molecule has 22 heavy (non-hydrogen) atoms. The molecule has 0 N–H and O–H groups in total. The molecule has 0 aliphatic carbocycles. The van der Waals surface area contributed by atoms with Gasteiger partial charge in [-0.05, 0) is 24.4 Å². The van der Waals surface area contributed by atoms with Crippen molar-refractivity contribution >= 4 is 27.3 Å². The topological polar surface area (TPSA) is 30.2 Å². The predicted octanol–water partition coefficient (Wildman–Crippen LogP) is 4.93. The van der Waals surface area contributed by atoms with E-state index in [1.54, 1.807) is 0 Å². The van der Waals surface area contributed by atoms with Crippen LogP contribution >= 0.6 is 0 Å².